The summed E-state index contributed by atoms with van der Waals surface area (Å²) in [5.41, 5.74) is 5.35. The standard InChI is InChI=1S/C26H28N4O2/c1-17-6-9-24(28-15-17)21-12-22(14-23(13-21)26(32)30-10-4-5-11-30)25(31)29-19(3)20-8-7-18(2)27-16-20/h6-9,12-16,19H,4-5,10-11H2,1-3H3,(H,29,31)/t19-/m0/s1. The van der Waals surface area contributed by atoms with Crippen LogP contribution in [0.15, 0.2) is 54.9 Å². The molecule has 6 nitrogen and oxygen atoms in total. The van der Waals surface area contributed by atoms with E-state index in [1.54, 1.807) is 24.5 Å². The quantitative estimate of drug-likeness (QED) is 0.650. The van der Waals surface area contributed by atoms with Crippen LogP contribution in [0.4, 0.5) is 0 Å². The smallest absolute Gasteiger partial charge is 0.253 e. The number of carbonyl (C=O) groups excluding carboxylic acids is 2. The van der Waals surface area contributed by atoms with Crippen molar-refractivity contribution in [1.29, 1.82) is 0 Å². The molecular formula is C26H28N4O2. The maximum Gasteiger partial charge on any atom is 0.253 e. The Labute approximate surface area is 188 Å². The minimum atomic E-state index is -0.234. The van der Waals surface area contributed by atoms with Gasteiger partial charge in [0.1, 0.15) is 0 Å². The van der Waals surface area contributed by atoms with Gasteiger partial charge in [0.25, 0.3) is 11.8 Å². The lowest BCUT2D eigenvalue weighted by Gasteiger charge is -2.18. The number of benzene rings is 1. The number of pyridine rings is 2. The molecule has 1 fully saturated rings. The molecule has 164 valence electrons. The van der Waals surface area contributed by atoms with E-state index in [9.17, 15) is 9.59 Å². The van der Waals surface area contributed by atoms with Crippen LogP contribution in [-0.4, -0.2) is 39.8 Å². The van der Waals surface area contributed by atoms with Gasteiger partial charge in [0, 0.05) is 47.9 Å². The second-order valence-electron chi connectivity index (χ2n) is 8.45. The molecule has 3 heterocycles. The lowest BCUT2D eigenvalue weighted by atomic mass is 10.0. The Kier molecular flexibility index (Phi) is 6.30. The molecule has 1 saturated heterocycles. The van der Waals surface area contributed by atoms with Crippen LogP contribution >= 0.6 is 0 Å². The first-order valence-electron chi connectivity index (χ1n) is 11.0. The van der Waals surface area contributed by atoms with Crippen molar-refractivity contribution in [1.82, 2.24) is 20.2 Å². The Morgan fingerprint density at radius 3 is 2.34 bits per heavy atom. The van der Waals surface area contributed by atoms with Crippen molar-refractivity contribution >= 4 is 11.8 Å². The van der Waals surface area contributed by atoms with E-state index in [4.69, 9.17) is 0 Å². The SMILES string of the molecule is Cc1ccc(-c2cc(C(=O)N[C@@H](C)c3ccc(C)nc3)cc(C(=O)N3CCCC3)c2)nc1. The van der Waals surface area contributed by atoms with E-state index < -0.39 is 0 Å². The van der Waals surface area contributed by atoms with Crippen LogP contribution in [0, 0.1) is 13.8 Å². The number of hydrogen-bond donors (Lipinski definition) is 1. The molecule has 1 aromatic carbocycles. The van der Waals surface area contributed by atoms with Gasteiger partial charge in [-0.05, 0) is 75.1 Å². The number of aromatic nitrogens is 2. The number of carbonyl (C=O) groups is 2. The van der Waals surface area contributed by atoms with Crippen LogP contribution in [-0.2, 0) is 0 Å². The summed E-state index contributed by atoms with van der Waals surface area (Å²) in [5, 5.41) is 3.03. The molecule has 0 radical (unpaired) electrons. The van der Waals surface area contributed by atoms with Crippen molar-refractivity contribution in [2.75, 3.05) is 13.1 Å². The first-order chi connectivity index (χ1) is 15.4. The summed E-state index contributed by atoms with van der Waals surface area (Å²) >= 11 is 0. The van der Waals surface area contributed by atoms with Gasteiger partial charge in [-0.3, -0.25) is 19.6 Å². The second kappa shape index (κ2) is 9.30. The number of rotatable bonds is 5. The maximum atomic E-state index is 13.2. The highest BCUT2D eigenvalue weighted by molar-refractivity contribution is 6.01. The lowest BCUT2D eigenvalue weighted by molar-refractivity contribution is 0.0793. The highest BCUT2D eigenvalue weighted by Gasteiger charge is 2.22. The zero-order valence-electron chi connectivity index (χ0n) is 18.8. The third-order valence-electron chi connectivity index (χ3n) is 5.82. The van der Waals surface area contributed by atoms with Gasteiger partial charge in [-0.1, -0.05) is 12.1 Å². The Morgan fingerprint density at radius 1 is 0.938 bits per heavy atom. The zero-order valence-corrected chi connectivity index (χ0v) is 18.8. The van der Waals surface area contributed by atoms with Gasteiger partial charge in [0.15, 0.2) is 0 Å². The average Bonchev–Trinajstić information content (AvgIpc) is 3.34. The first-order valence-corrected chi connectivity index (χ1v) is 11.0. The second-order valence-corrected chi connectivity index (χ2v) is 8.45. The summed E-state index contributed by atoms with van der Waals surface area (Å²) < 4.78 is 0. The summed E-state index contributed by atoms with van der Waals surface area (Å²) in [4.78, 5) is 36.9. The average molecular weight is 429 g/mol. The molecule has 0 unspecified atom stereocenters. The molecule has 0 bridgehead atoms. The van der Waals surface area contributed by atoms with Gasteiger partial charge in [-0.2, -0.15) is 0 Å². The van der Waals surface area contributed by atoms with Gasteiger partial charge in [-0.15, -0.1) is 0 Å². The molecule has 2 amide bonds. The monoisotopic (exact) mass is 428 g/mol. The third-order valence-corrected chi connectivity index (χ3v) is 5.82. The minimum Gasteiger partial charge on any atom is -0.345 e. The van der Waals surface area contributed by atoms with Gasteiger partial charge in [0.05, 0.1) is 11.7 Å². The van der Waals surface area contributed by atoms with E-state index in [1.165, 1.54) is 0 Å². The van der Waals surface area contributed by atoms with Crippen LogP contribution in [0.5, 0.6) is 0 Å². The summed E-state index contributed by atoms with van der Waals surface area (Å²) in [5.74, 6) is -0.274. The van der Waals surface area contributed by atoms with E-state index in [0.29, 0.717) is 11.1 Å². The third kappa shape index (κ3) is 4.85. The van der Waals surface area contributed by atoms with E-state index in [0.717, 1.165) is 54.0 Å². The zero-order chi connectivity index (χ0) is 22.7. The fraction of sp³-hybridized carbons (Fsp3) is 0.308. The van der Waals surface area contributed by atoms with Crippen LogP contribution in [0.25, 0.3) is 11.3 Å². The Hall–Kier alpha value is -3.54. The van der Waals surface area contributed by atoms with E-state index in [1.807, 2.05) is 56.0 Å². The van der Waals surface area contributed by atoms with E-state index in [2.05, 4.69) is 15.3 Å². The molecule has 0 saturated carbocycles. The van der Waals surface area contributed by atoms with Crippen LogP contribution in [0.2, 0.25) is 0 Å². The molecule has 6 heteroatoms. The number of amides is 2. The number of nitrogens with one attached hydrogen (secondary N) is 1. The molecule has 0 aliphatic carbocycles. The highest BCUT2D eigenvalue weighted by atomic mass is 16.2. The van der Waals surface area contributed by atoms with Crippen LogP contribution in [0.1, 0.15) is 63.3 Å². The molecule has 0 spiro atoms. The van der Waals surface area contributed by atoms with Crippen LogP contribution in [0.3, 0.4) is 0 Å². The topological polar surface area (TPSA) is 75.2 Å². The van der Waals surface area contributed by atoms with Crippen molar-refractivity contribution in [2.45, 2.75) is 39.7 Å². The van der Waals surface area contributed by atoms with Crippen molar-refractivity contribution < 1.29 is 9.59 Å². The summed E-state index contributed by atoms with van der Waals surface area (Å²) in [6.45, 7) is 7.34. The molecule has 1 atom stereocenters. The minimum absolute atomic E-state index is 0.0405. The first kappa shape index (κ1) is 21.7. The predicted molar refractivity (Wildman–Crippen MR) is 124 cm³/mol. The number of hydrogen-bond acceptors (Lipinski definition) is 4. The molecule has 1 aliphatic rings. The molecule has 32 heavy (non-hydrogen) atoms. The van der Waals surface area contributed by atoms with E-state index >= 15 is 0 Å². The number of nitrogens with zero attached hydrogens (tertiary/aromatic N) is 3. The Balaban J connectivity index is 1.66. The molecule has 3 aromatic rings. The fourth-order valence-electron chi connectivity index (χ4n) is 3.87. The molecule has 4 rings (SSSR count). The lowest BCUT2D eigenvalue weighted by Crippen LogP contribution is -2.29. The normalized spacial score (nSPS) is 14.3. The predicted octanol–water partition coefficient (Wildman–Crippen LogP) is 4.49. The summed E-state index contributed by atoms with van der Waals surface area (Å²) in [6, 6.07) is 12.9. The van der Waals surface area contributed by atoms with Gasteiger partial charge >= 0.3 is 0 Å². The van der Waals surface area contributed by atoms with Crippen molar-refractivity contribution in [3.63, 3.8) is 0 Å². The molecule has 1 N–H and O–H groups in total. The summed E-state index contributed by atoms with van der Waals surface area (Å²) in [7, 11) is 0. The Morgan fingerprint density at radius 2 is 1.69 bits per heavy atom. The van der Waals surface area contributed by atoms with Crippen molar-refractivity contribution in [3.8, 4) is 11.3 Å². The fourth-order valence-corrected chi connectivity index (χ4v) is 3.87. The number of likely N-dealkylation sites (tertiary alicyclic amines) is 1. The largest absolute Gasteiger partial charge is 0.345 e. The van der Waals surface area contributed by atoms with E-state index in [-0.39, 0.29) is 17.9 Å². The van der Waals surface area contributed by atoms with Crippen molar-refractivity contribution in [3.05, 3.63) is 82.8 Å². The molecule has 1 aliphatic heterocycles. The van der Waals surface area contributed by atoms with Gasteiger partial charge in [-0.25, -0.2) is 0 Å². The molecular weight excluding hydrogens is 400 g/mol. The van der Waals surface area contributed by atoms with Crippen molar-refractivity contribution in [2.24, 2.45) is 0 Å². The highest BCUT2D eigenvalue weighted by Crippen LogP contribution is 2.24. The van der Waals surface area contributed by atoms with Gasteiger partial charge in [0.2, 0.25) is 0 Å². The number of aryl methyl sites for hydroxylation is 2. The maximum absolute atomic E-state index is 13.2. The molecule has 2 aromatic heterocycles. The van der Waals surface area contributed by atoms with Crippen LogP contribution < -0.4 is 5.32 Å². The summed E-state index contributed by atoms with van der Waals surface area (Å²) in [6.07, 6.45) is 5.59. The van der Waals surface area contributed by atoms with Gasteiger partial charge < -0.3 is 10.2 Å². The Bertz CT molecular complexity index is 1120.